The number of hydrogen-bond donors (Lipinski definition) is 2. The molecule has 2 N–H and O–H groups in total. The van der Waals surface area contributed by atoms with Crippen LogP contribution in [0.1, 0.15) is 25.1 Å². The van der Waals surface area contributed by atoms with Crippen molar-refractivity contribution in [1.29, 1.82) is 0 Å². The van der Waals surface area contributed by atoms with Gasteiger partial charge in [0.1, 0.15) is 11.6 Å². The lowest BCUT2D eigenvalue weighted by atomic mass is 10.2. The van der Waals surface area contributed by atoms with E-state index in [1.807, 2.05) is 0 Å². The standard InChI is InChI=1S/C12H17N5O2/c1-7-13-10(6-11-15-16-12(18)17(7)11)14-8-4-3-5-9(8)19-2/h6,8-9,14H,3-5H2,1-2H3,(H,16,18). The van der Waals surface area contributed by atoms with Crippen molar-refractivity contribution in [3.05, 3.63) is 22.4 Å². The first-order valence-electron chi connectivity index (χ1n) is 6.43. The summed E-state index contributed by atoms with van der Waals surface area (Å²) in [5.41, 5.74) is 0.314. The van der Waals surface area contributed by atoms with Crippen LogP contribution in [0.4, 0.5) is 5.82 Å². The molecule has 2 atom stereocenters. The zero-order valence-corrected chi connectivity index (χ0v) is 11.0. The number of H-pyrrole nitrogens is 1. The molecule has 1 aliphatic rings. The van der Waals surface area contributed by atoms with Gasteiger partial charge in [0.25, 0.3) is 0 Å². The lowest BCUT2D eigenvalue weighted by Gasteiger charge is -2.20. The summed E-state index contributed by atoms with van der Waals surface area (Å²) in [7, 11) is 1.74. The van der Waals surface area contributed by atoms with Gasteiger partial charge in [0.2, 0.25) is 0 Å². The van der Waals surface area contributed by atoms with E-state index in [9.17, 15) is 4.79 Å². The number of aromatic amines is 1. The fourth-order valence-corrected chi connectivity index (χ4v) is 2.73. The molecule has 0 amide bonds. The van der Waals surface area contributed by atoms with Gasteiger partial charge in [-0.25, -0.2) is 19.3 Å². The van der Waals surface area contributed by atoms with Crippen LogP contribution < -0.4 is 11.0 Å². The second-order valence-electron chi connectivity index (χ2n) is 4.87. The Kier molecular flexibility index (Phi) is 2.98. The molecule has 7 nitrogen and oxygen atoms in total. The Bertz CT molecular complexity index is 647. The number of fused-ring (bicyclic) bond motifs is 1. The third kappa shape index (κ3) is 2.10. The fraction of sp³-hybridized carbons (Fsp3) is 0.583. The maximum atomic E-state index is 11.5. The molecule has 102 valence electrons. The van der Waals surface area contributed by atoms with Crippen LogP contribution in [-0.2, 0) is 4.74 Å². The van der Waals surface area contributed by atoms with Crippen molar-refractivity contribution in [3.63, 3.8) is 0 Å². The summed E-state index contributed by atoms with van der Waals surface area (Å²) < 4.78 is 6.90. The van der Waals surface area contributed by atoms with E-state index in [4.69, 9.17) is 4.74 Å². The van der Waals surface area contributed by atoms with Crippen LogP contribution in [0, 0.1) is 6.92 Å². The van der Waals surface area contributed by atoms with E-state index < -0.39 is 0 Å². The maximum absolute atomic E-state index is 11.5. The van der Waals surface area contributed by atoms with Crippen molar-refractivity contribution >= 4 is 11.5 Å². The lowest BCUT2D eigenvalue weighted by Crippen LogP contribution is -2.30. The number of rotatable bonds is 3. The maximum Gasteiger partial charge on any atom is 0.349 e. The Morgan fingerprint density at radius 1 is 1.53 bits per heavy atom. The van der Waals surface area contributed by atoms with Crippen molar-refractivity contribution in [2.24, 2.45) is 0 Å². The van der Waals surface area contributed by atoms with E-state index in [0.717, 1.165) is 25.1 Å². The van der Waals surface area contributed by atoms with Crippen molar-refractivity contribution in [2.75, 3.05) is 12.4 Å². The molecule has 0 spiro atoms. The van der Waals surface area contributed by atoms with Gasteiger partial charge in [0.15, 0.2) is 5.65 Å². The zero-order valence-electron chi connectivity index (χ0n) is 11.0. The molecule has 0 aromatic carbocycles. The Labute approximate surface area is 110 Å². The monoisotopic (exact) mass is 263 g/mol. The van der Waals surface area contributed by atoms with Gasteiger partial charge in [0.05, 0.1) is 12.1 Å². The summed E-state index contributed by atoms with van der Waals surface area (Å²) in [6.45, 7) is 1.79. The summed E-state index contributed by atoms with van der Waals surface area (Å²) in [4.78, 5) is 15.9. The number of anilines is 1. The first-order valence-corrected chi connectivity index (χ1v) is 6.43. The van der Waals surface area contributed by atoms with Crippen LogP contribution in [0.3, 0.4) is 0 Å². The SMILES string of the molecule is COC1CCCC1Nc1cc2n[nH]c(=O)n2c(C)n1. The van der Waals surface area contributed by atoms with Crippen LogP contribution in [0.2, 0.25) is 0 Å². The second kappa shape index (κ2) is 4.65. The van der Waals surface area contributed by atoms with Gasteiger partial charge in [-0.05, 0) is 26.2 Å². The van der Waals surface area contributed by atoms with Gasteiger partial charge in [-0.15, -0.1) is 0 Å². The van der Waals surface area contributed by atoms with Crippen LogP contribution in [0.5, 0.6) is 0 Å². The normalized spacial score (nSPS) is 23.1. The zero-order chi connectivity index (χ0) is 13.4. The third-order valence-corrected chi connectivity index (χ3v) is 3.66. The first kappa shape index (κ1) is 12.2. The number of nitrogens with zero attached hydrogens (tertiary/aromatic N) is 3. The highest BCUT2D eigenvalue weighted by Gasteiger charge is 2.27. The second-order valence-corrected chi connectivity index (χ2v) is 4.87. The highest BCUT2D eigenvalue weighted by molar-refractivity contribution is 5.50. The Balaban J connectivity index is 1.91. The number of methoxy groups -OCH3 is 1. The van der Waals surface area contributed by atoms with E-state index in [0.29, 0.717) is 11.5 Å². The molecule has 7 heteroatoms. The van der Waals surface area contributed by atoms with Gasteiger partial charge >= 0.3 is 5.69 Å². The summed E-state index contributed by atoms with van der Waals surface area (Å²) in [6.07, 6.45) is 3.51. The molecule has 2 aromatic rings. The van der Waals surface area contributed by atoms with Crippen molar-refractivity contribution < 1.29 is 4.74 Å². The van der Waals surface area contributed by atoms with Crippen molar-refractivity contribution in [1.82, 2.24) is 19.6 Å². The Morgan fingerprint density at radius 2 is 2.37 bits per heavy atom. The molecule has 2 aromatic heterocycles. The number of ether oxygens (including phenoxy) is 1. The molecule has 3 rings (SSSR count). The average molecular weight is 263 g/mol. The van der Waals surface area contributed by atoms with Gasteiger partial charge in [0, 0.05) is 13.2 Å². The van der Waals surface area contributed by atoms with E-state index in [1.165, 1.54) is 4.40 Å². The minimum Gasteiger partial charge on any atom is -0.379 e. The number of nitrogens with one attached hydrogen (secondary N) is 2. The summed E-state index contributed by atoms with van der Waals surface area (Å²) >= 11 is 0. The molecule has 1 fully saturated rings. The molecule has 0 radical (unpaired) electrons. The number of hydrogen-bond acceptors (Lipinski definition) is 5. The number of aromatic nitrogens is 4. The molecular formula is C12H17N5O2. The van der Waals surface area contributed by atoms with Crippen LogP contribution in [0.25, 0.3) is 5.65 Å². The summed E-state index contributed by atoms with van der Waals surface area (Å²) in [5, 5.41) is 9.77. The predicted octanol–water partition coefficient (Wildman–Crippen LogP) is 0.705. The molecule has 1 saturated carbocycles. The topological polar surface area (TPSA) is 84.3 Å². The molecule has 2 heterocycles. The van der Waals surface area contributed by atoms with Crippen LogP contribution in [0.15, 0.2) is 10.9 Å². The third-order valence-electron chi connectivity index (χ3n) is 3.66. The van der Waals surface area contributed by atoms with Gasteiger partial charge in [-0.1, -0.05) is 0 Å². The van der Waals surface area contributed by atoms with E-state index in [1.54, 1.807) is 20.1 Å². The minimum atomic E-state index is -0.262. The average Bonchev–Trinajstić information content (AvgIpc) is 2.96. The largest absolute Gasteiger partial charge is 0.379 e. The van der Waals surface area contributed by atoms with E-state index in [2.05, 4.69) is 20.5 Å². The van der Waals surface area contributed by atoms with E-state index in [-0.39, 0.29) is 17.8 Å². The van der Waals surface area contributed by atoms with Gasteiger partial charge < -0.3 is 10.1 Å². The smallest absolute Gasteiger partial charge is 0.349 e. The van der Waals surface area contributed by atoms with Crippen LogP contribution in [-0.4, -0.2) is 38.8 Å². The minimum absolute atomic E-state index is 0.222. The highest BCUT2D eigenvalue weighted by Crippen LogP contribution is 2.24. The molecule has 19 heavy (non-hydrogen) atoms. The van der Waals surface area contributed by atoms with Gasteiger partial charge in [-0.2, -0.15) is 5.10 Å². The predicted molar refractivity (Wildman–Crippen MR) is 70.4 cm³/mol. The fourth-order valence-electron chi connectivity index (χ4n) is 2.73. The lowest BCUT2D eigenvalue weighted by molar-refractivity contribution is 0.101. The Morgan fingerprint density at radius 3 is 3.16 bits per heavy atom. The summed E-state index contributed by atoms with van der Waals surface area (Å²) in [6, 6.07) is 2.04. The van der Waals surface area contributed by atoms with E-state index >= 15 is 0 Å². The first-order chi connectivity index (χ1) is 9.19. The van der Waals surface area contributed by atoms with Crippen molar-refractivity contribution in [3.8, 4) is 0 Å². The molecule has 0 aliphatic heterocycles. The quantitative estimate of drug-likeness (QED) is 0.851. The molecule has 0 saturated heterocycles. The van der Waals surface area contributed by atoms with Crippen LogP contribution >= 0.6 is 0 Å². The number of aryl methyl sites for hydroxylation is 1. The Hall–Kier alpha value is -1.89. The summed E-state index contributed by atoms with van der Waals surface area (Å²) in [5.74, 6) is 1.35. The molecule has 0 bridgehead atoms. The van der Waals surface area contributed by atoms with Gasteiger partial charge in [-0.3, -0.25) is 0 Å². The molecular weight excluding hydrogens is 246 g/mol. The van der Waals surface area contributed by atoms with Crippen molar-refractivity contribution in [2.45, 2.75) is 38.3 Å². The molecule has 2 unspecified atom stereocenters. The molecule has 1 aliphatic carbocycles. The highest BCUT2D eigenvalue weighted by atomic mass is 16.5.